The Morgan fingerprint density at radius 2 is 1.85 bits per heavy atom. The molecule has 1 heterocycles. The van der Waals surface area contributed by atoms with Gasteiger partial charge in [0.1, 0.15) is 6.04 Å². The molecule has 1 fully saturated rings. The smallest absolute Gasteiger partial charge is 0.272 e. The Morgan fingerprint density at radius 1 is 1.25 bits per heavy atom. The van der Waals surface area contributed by atoms with Gasteiger partial charge in [0.15, 0.2) is 0 Å². The zero-order chi connectivity index (χ0) is 14.9. The molecular weight excluding hydrogens is 296 g/mol. The van der Waals surface area contributed by atoms with Gasteiger partial charge in [-0.25, -0.2) is 4.31 Å². The van der Waals surface area contributed by atoms with Crippen LogP contribution in [0.15, 0.2) is 35.2 Å². The molecule has 1 atom stereocenters. The highest BCUT2D eigenvalue weighted by atomic mass is 32.2. The Labute approximate surface area is 124 Å². The number of nitrogens with zero attached hydrogens (tertiary/aromatic N) is 2. The van der Waals surface area contributed by atoms with Gasteiger partial charge in [0.2, 0.25) is 0 Å². The van der Waals surface area contributed by atoms with Crippen molar-refractivity contribution in [2.75, 3.05) is 12.9 Å². The summed E-state index contributed by atoms with van der Waals surface area (Å²) in [5.41, 5.74) is 0. The van der Waals surface area contributed by atoms with Gasteiger partial charge in [0, 0.05) is 11.9 Å². The van der Waals surface area contributed by atoms with Crippen LogP contribution in [0.2, 0.25) is 0 Å². The molecule has 0 bridgehead atoms. The second-order valence-corrected chi connectivity index (χ2v) is 7.92. The molecule has 0 aliphatic carbocycles. The van der Waals surface area contributed by atoms with Crippen LogP contribution in [0.1, 0.15) is 13.8 Å². The first-order chi connectivity index (χ1) is 9.35. The van der Waals surface area contributed by atoms with E-state index in [0.29, 0.717) is 0 Å². The SMILES string of the molecule is CC(C)C1C(=O)N(CSc2ccccc2)S(=O)(=O)N1C. The molecule has 0 N–H and O–H groups in total. The molecule has 5 nitrogen and oxygen atoms in total. The number of likely N-dealkylation sites (N-methyl/N-ethyl adjacent to an activating group) is 1. The molecule has 1 amide bonds. The van der Waals surface area contributed by atoms with E-state index in [2.05, 4.69) is 0 Å². The Kier molecular flexibility index (Phi) is 4.41. The predicted molar refractivity (Wildman–Crippen MR) is 79.3 cm³/mol. The van der Waals surface area contributed by atoms with Crippen molar-refractivity contribution < 1.29 is 13.2 Å². The van der Waals surface area contributed by atoms with E-state index in [9.17, 15) is 13.2 Å². The van der Waals surface area contributed by atoms with Crippen LogP contribution >= 0.6 is 11.8 Å². The fourth-order valence-corrected chi connectivity index (χ4v) is 4.90. The Morgan fingerprint density at radius 3 is 2.35 bits per heavy atom. The van der Waals surface area contributed by atoms with E-state index in [4.69, 9.17) is 0 Å². The molecule has 1 aromatic carbocycles. The molecule has 1 aromatic rings. The summed E-state index contributed by atoms with van der Waals surface area (Å²) in [6.07, 6.45) is 0. The summed E-state index contributed by atoms with van der Waals surface area (Å²) < 4.78 is 26.7. The molecule has 2 rings (SSSR count). The molecule has 0 radical (unpaired) electrons. The number of hydrogen-bond acceptors (Lipinski definition) is 4. The lowest BCUT2D eigenvalue weighted by molar-refractivity contribution is -0.128. The van der Waals surface area contributed by atoms with Crippen LogP contribution in [0.5, 0.6) is 0 Å². The van der Waals surface area contributed by atoms with Gasteiger partial charge in [0.25, 0.3) is 5.91 Å². The maximum absolute atomic E-state index is 12.3. The lowest BCUT2D eigenvalue weighted by atomic mass is 10.0. The average Bonchev–Trinajstić information content (AvgIpc) is 2.55. The van der Waals surface area contributed by atoms with Crippen LogP contribution in [0, 0.1) is 5.92 Å². The third-order valence-electron chi connectivity index (χ3n) is 3.26. The van der Waals surface area contributed by atoms with Crippen molar-refractivity contribution in [3.63, 3.8) is 0 Å². The molecule has 1 unspecified atom stereocenters. The topological polar surface area (TPSA) is 57.7 Å². The molecule has 7 heteroatoms. The minimum absolute atomic E-state index is 0.0472. The molecule has 0 saturated carbocycles. The number of rotatable bonds is 4. The van der Waals surface area contributed by atoms with Crippen molar-refractivity contribution in [1.82, 2.24) is 8.61 Å². The highest BCUT2D eigenvalue weighted by molar-refractivity contribution is 8.00. The summed E-state index contributed by atoms with van der Waals surface area (Å²) in [5.74, 6) is -0.279. The van der Waals surface area contributed by atoms with Crippen molar-refractivity contribution in [2.45, 2.75) is 24.8 Å². The zero-order valence-corrected chi connectivity index (χ0v) is 13.3. The average molecular weight is 314 g/mol. The summed E-state index contributed by atoms with van der Waals surface area (Å²) in [4.78, 5) is 13.2. The number of thioether (sulfide) groups is 1. The van der Waals surface area contributed by atoms with E-state index in [0.717, 1.165) is 9.20 Å². The normalized spacial score (nSPS) is 22.7. The van der Waals surface area contributed by atoms with Crippen molar-refractivity contribution in [3.8, 4) is 0 Å². The molecule has 1 aliphatic rings. The third-order valence-corrected chi connectivity index (χ3v) is 6.23. The van der Waals surface area contributed by atoms with Gasteiger partial charge in [0.05, 0.1) is 5.88 Å². The Balaban J connectivity index is 2.17. The van der Waals surface area contributed by atoms with Gasteiger partial charge in [-0.3, -0.25) is 4.79 Å². The largest absolute Gasteiger partial charge is 0.307 e. The first-order valence-electron chi connectivity index (χ1n) is 6.33. The molecule has 110 valence electrons. The molecule has 1 saturated heterocycles. The number of carbonyl (C=O) groups is 1. The van der Waals surface area contributed by atoms with Crippen molar-refractivity contribution in [1.29, 1.82) is 0 Å². The molecule has 20 heavy (non-hydrogen) atoms. The standard InChI is InChI=1S/C13H18N2O3S2/c1-10(2)12-13(16)15(20(17,18)14(12)3)9-19-11-7-5-4-6-8-11/h4-8,10,12H,9H2,1-3H3. The second-order valence-electron chi connectivity index (χ2n) is 4.99. The number of carbonyl (C=O) groups excluding carboxylic acids is 1. The monoisotopic (exact) mass is 314 g/mol. The maximum Gasteiger partial charge on any atom is 0.307 e. The highest BCUT2D eigenvalue weighted by Crippen LogP contribution is 2.30. The second kappa shape index (κ2) is 5.75. The summed E-state index contributed by atoms with van der Waals surface area (Å²) in [6.45, 7) is 3.70. The molecule has 0 spiro atoms. The Hall–Kier alpha value is -1.05. The minimum Gasteiger partial charge on any atom is -0.272 e. The van der Waals surface area contributed by atoms with E-state index in [1.165, 1.54) is 23.1 Å². The van der Waals surface area contributed by atoms with Crippen LogP contribution < -0.4 is 0 Å². The van der Waals surface area contributed by atoms with Crippen molar-refractivity contribution in [3.05, 3.63) is 30.3 Å². The van der Waals surface area contributed by atoms with E-state index in [1.54, 1.807) is 0 Å². The number of amides is 1. The lowest BCUT2D eigenvalue weighted by Gasteiger charge is -2.17. The quantitative estimate of drug-likeness (QED) is 0.795. The van der Waals surface area contributed by atoms with Crippen LogP contribution in [0.3, 0.4) is 0 Å². The predicted octanol–water partition coefficient (Wildman–Crippen LogP) is 1.78. The van der Waals surface area contributed by atoms with Crippen LogP contribution in [0.25, 0.3) is 0 Å². The highest BCUT2D eigenvalue weighted by Gasteiger charge is 2.49. The van der Waals surface area contributed by atoms with Gasteiger partial charge in [-0.1, -0.05) is 32.0 Å². The van der Waals surface area contributed by atoms with E-state index >= 15 is 0 Å². The third kappa shape index (κ3) is 2.70. The van der Waals surface area contributed by atoms with Gasteiger partial charge in [-0.05, 0) is 18.1 Å². The van der Waals surface area contributed by atoms with Crippen molar-refractivity contribution in [2.24, 2.45) is 5.92 Å². The lowest BCUT2D eigenvalue weighted by Crippen LogP contribution is -2.36. The number of hydrogen-bond donors (Lipinski definition) is 0. The van der Waals surface area contributed by atoms with Gasteiger partial charge in [-0.15, -0.1) is 11.8 Å². The Bertz CT molecular complexity index is 587. The van der Waals surface area contributed by atoms with Crippen LogP contribution in [-0.4, -0.2) is 41.9 Å². The van der Waals surface area contributed by atoms with Gasteiger partial charge >= 0.3 is 10.2 Å². The molecular formula is C13H18N2O3S2. The molecule has 1 aliphatic heterocycles. The molecule has 0 aromatic heterocycles. The van der Waals surface area contributed by atoms with Crippen LogP contribution in [-0.2, 0) is 15.0 Å². The fourth-order valence-electron chi connectivity index (χ4n) is 2.20. The van der Waals surface area contributed by atoms with Gasteiger partial charge < -0.3 is 0 Å². The fraction of sp³-hybridized carbons (Fsp3) is 0.462. The number of benzene rings is 1. The summed E-state index contributed by atoms with van der Waals surface area (Å²) >= 11 is 1.34. The maximum atomic E-state index is 12.3. The van der Waals surface area contributed by atoms with Gasteiger partial charge in [-0.2, -0.15) is 12.7 Å². The zero-order valence-electron chi connectivity index (χ0n) is 11.7. The van der Waals surface area contributed by atoms with E-state index in [1.807, 2.05) is 44.2 Å². The summed E-state index contributed by atoms with van der Waals surface area (Å²) in [5, 5.41) is 0. The van der Waals surface area contributed by atoms with E-state index < -0.39 is 16.3 Å². The first-order valence-corrected chi connectivity index (χ1v) is 8.71. The first kappa shape index (κ1) is 15.3. The summed E-state index contributed by atoms with van der Waals surface area (Å²) in [6, 6.07) is 8.83. The van der Waals surface area contributed by atoms with E-state index in [-0.39, 0.29) is 17.7 Å². The minimum atomic E-state index is -3.68. The summed E-state index contributed by atoms with van der Waals surface area (Å²) in [7, 11) is -2.22. The van der Waals surface area contributed by atoms with Crippen molar-refractivity contribution >= 4 is 27.9 Å². The van der Waals surface area contributed by atoms with Crippen LogP contribution in [0.4, 0.5) is 0 Å².